The number of H-pyrrole nitrogens is 1. The van der Waals surface area contributed by atoms with Crippen LogP contribution in [0.4, 0.5) is 0 Å². The summed E-state index contributed by atoms with van der Waals surface area (Å²) in [5.41, 5.74) is 2.66. The van der Waals surface area contributed by atoms with Crippen LogP contribution in [0.25, 0.3) is 0 Å². The lowest BCUT2D eigenvalue weighted by molar-refractivity contribution is -0.145. The molecule has 0 spiro atoms. The van der Waals surface area contributed by atoms with E-state index >= 15 is 0 Å². The molecule has 30 heavy (non-hydrogen) atoms. The molecule has 0 bridgehead atoms. The minimum Gasteiger partial charge on any atom is -0.469 e. The predicted octanol–water partition coefficient (Wildman–Crippen LogP) is 3.55. The largest absolute Gasteiger partial charge is 0.469 e. The molecule has 0 aliphatic carbocycles. The van der Waals surface area contributed by atoms with Gasteiger partial charge in [-0.2, -0.15) is 5.10 Å². The number of nitrogens with one attached hydrogen (secondary N) is 1. The van der Waals surface area contributed by atoms with Crippen LogP contribution in [-0.4, -0.2) is 45.6 Å². The van der Waals surface area contributed by atoms with E-state index < -0.39 is 5.92 Å². The van der Waals surface area contributed by atoms with Gasteiger partial charge in [0.15, 0.2) is 5.16 Å². The number of hydrogen-bond acceptors (Lipinski definition) is 6. The van der Waals surface area contributed by atoms with Gasteiger partial charge >= 0.3 is 5.97 Å². The fourth-order valence-corrected chi connectivity index (χ4v) is 3.71. The van der Waals surface area contributed by atoms with Gasteiger partial charge in [-0.3, -0.25) is 14.7 Å². The first-order chi connectivity index (χ1) is 14.6. The van der Waals surface area contributed by atoms with Crippen LogP contribution in [0.1, 0.15) is 28.4 Å². The molecule has 1 atom stereocenters. The van der Waals surface area contributed by atoms with E-state index in [1.165, 1.54) is 13.4 Å². The Morgan fingerprint density at radius 3 is 2.47 bits per heavy atom. The molecular weight excluding hydrogens is 400 g/mol. The molecule has 0 radical (unpaired) electrons. The molecular formula is C22H24N4O3S. The fraction of sp³-hybridized carbons (Fsp3) is 0.273. The lowest BCUT2D eigenvalue weighted by atomic mass is 10.1. The Labute approximate surface area is 179 Å². The minimum atomic E-state index is -0.416. The standard InChI is InChI=1S/C22H24N4O3S/c1-16(21(28)29-2)12-26(13-17-6-4-3-5-7-17)20(27)19-10-8-18(9-11-19)14-30-22-23-15-24-25-22/h3-11,15-16H,12-14H2,1-2H3,(H,23,24,25). The molecule has 3 aromatic rings. The molecule has 1 N–H and O–H groups in total. The minimum absolute atomic E-state index is 0.121. The van der Waals surface area contributed by atoms with Crippen LogP contribution in [0.15, 0.2) is 66.1 Å². The summed E-state index contributed by atoms with van der Waals surface area (Å²) in [4.78, 5) is 30.9. The molecule has 2 aromatic carbocycles. The molecule has 0 aliphatic heterocycles. The second-order valence-corrected chi connectivity index (χ2v) is 7.84. The number of ether oxygens (including phenoxy) is 1. The van der Waals surface area contributed by atoms with Crippen LogP contribution in [0.5, 0.6) is 0 Å². The third-order valence-electron chi connectivity index (χ3n) is 4.57. The highest BCUT2D eigenvalue weighted by molar-refractivity contribution is 7.98. The van der Waals surface area contributed by atoms with E-state index in [1.807, 2.05) is 54.6 Å². The third-order valence-corrected chi connectivity index (χ3v) is 5.52. The van der Waals surface area contributed by atoms with Gasteiger partial charge in [0.25, 0.3) is 5.91 Å². The topological polar surface area (TPSA) is 88.2 Å². The van der Waals surface area contributed by atoms with Gasteiger partial charge in [-0.15, -0.1) is 0 Å². The zero-order valence-corrected chi connectivity index (χ0v) is 17.8. The number of thioether (sulfide) groups is 1. The first-order valence-corrected chi connectivity index (χ1v) is 10.5. The Morgan fingerprint density at radius 1 is 1.10 bits per heavy atom. The van der Waals surface area contributed by atoms with Gasteiger partial charge in [0.2, 0.25) is 0 Å². The number of esters is 1. The maximum atomic E-state index is 13.2. The van der Waals surface area contributed by atoms with Crippen molar-refractivity contribution in [2.24, 2.45) is 5.92 Å². The van der Waals surface area contributed by atoms with Crippen LogP contribution in [0.2, 0.25) is 0 Å². The Morgan fingerprint density at radius 2 is 1.83 bits per heavy atom. The summed E-state index contributed by atoms with van der Waals surface area (Å²) in [6, 6.07) is 17.2. The second-order valence-electron chi connectivity index (χ2n) is 6.87. The highest BCUT2D eigenvalue weighted by atomic mass is 32.2. The summed E-state index contributed by atoms with van der Waals surface area (Å²) in [7, 11) is 1.36. The molecule has 0 saturated heterocycles. The molecule has 1 heterocycles. The van der Waals surface area contributed by atoms with Gasteiger partial charge < -0.3 is 9.64 Å². The van der Waals surface area contributed by atoms with Crippen molar-refractivity contribution in [2.75, 3.05) is 13.7 Å². The van der Waals surface area contributed by atoms with Crippen molar-refractivity contribution in [1.82, 2.24) is 20.1 Å². The Balaban J connectivity index is 1.71. The number of nitrogens with zero attached hydrogens (tertiary/aromatic N) is 3. The summed E-state index contributed by atoms with van der Waals surface area (Å²) in [5.74, 6) is -0.151. The van der Waals surface area contributed by atoms with E-state index in [1.54, 1.807) is 23.6 Å². The molecule has 156 valence electrons. The van der Waals surface area contributed by atoms with Crippen molar-refractivity contribution < 1.29 is 14.3 Å². The molecule has 1 unspecified atom stereocenters. The number of carbonyl (C=O) groups excluding carboxylic acids is 2. The lowest BCUT2D eigenvalue weighted by Gasteiger charge is -2.25. The molecule has 0 aliphatic rings. The number of rotatable bonds is 9. The number of aromatic amines is 1. The zero-order chi connectivity index (χ0) is 21.3. The summed E-state index contributed by atoms with van der Waals surface area (Å²) >= 11 is 1.54. The molecule has 0 saturated carbocycles. The average Bonchev–Trinajstić information content (AvgIpc) is 3.31. The van der Waals surface area contributed by atoms with E-state index in [-0.39, 0.29) is 18.4 Å². The van der Waals surface area contributed by atoms with E-state index in [4.69, 9.17) is 4.74 Å². The number of amides is 1. The van der Waals surface area contributed by atoms with Crippen molar-refractivity contribution in [3.8, 4) is 0 Å². The summed E-state index contributed by atoms with van der Waals surface area (Å²) in [6.07, 6.45) is 1.47. The number of aromatic nitrogens is 3. The highest BCUT2D eigenvalue weighted by Crippen LogP contribution is 2.20. The number of benzene rings is 2. The van der Waals surface area contributed by atoms with Gasteiger partial charge in [0.05, 0.1) is 13.0 Å². The van der Waals surface area contributed by atoms with Crippen LogP contribution in [-0.2, 0) is 21.8 Å². The van der Waals surface area contributed by atoms with Gasteiger partial charge in [-0.25, -0.2) is 4.98 Å². The van der Waals surface area contributed by atoms with Gasteiger partial charge in [0.1, 0.15) is 6.33 Å². The van der Waals surface area contributed by atoms with Crippen molar-refractivity contribution >= 4 is 23.6 Å². The molecule has 7 nitrogen and oxygen atoms in total. The third kappa shape index (κ3) is 5.93. The highest BCUT2D eigenvalue weighted by Gasteiger charge is 2.23. The first-order valence-electron chi connectivity index (χ1n) is 9.55. The fourth-order valence-electron chi connectivity index (χ4n) is 2.97. The first kappa shape index (κ1) is 21.6. The van der Waals surface area contributed by atoms with Crippen molar-refractivity contribution in [1.29, 1.82) is 0 Å². The van der Waals surface area contributed by atoms with E-state index in [0.717, 1.165) is 22.0 Å². The zero-order valence-electron chi connectivity index (χ0n) is 16.9. The molecule has 8 heteroatoms. The predicted molar refractivity (Wildman–Crippen MR) is 115 cm³/mol. The number of methoxy groups -OCH3 is 1. The summed E-state index contributed by atoms with van der Waals surface area (Å²) in [5, 5.41) is 7.39. The molecule has 1 aromatic heterocycles. The van der Waals surface area contributed by atoms with Crippen molar-refractivity contribution in [2.45, 2.75) is 24.4 Å². The average molecular weight is 425 g/mol. The monoisotopic (exact) mass is 424 g/mol. The van der Waals surface area contributed by atoms with Gasteiger partial charge in [-0.05, 0) is 23.3 Å². The van der Waals surface area contributed by atoms with Crippen LogP contribution >= 0.6 is 11.8 Å². The van der Waals surface area contributed by atoms with Gasteiger partial charge in [0, 0.05) is 24.4 Å². The van der Waals surface area contributed by atoms with Crippen molar-refractivity contribution in [3.63, 3.8) is 0 Å². The smallest absolute Gasteiger partial charge is 0.310 e. The maximum absolute atomic E-state index is 13.2. The normalized spacial score (nSPS) is 11.7. The number of hydrogen-bond donors (Lipinski definition) is 1. The summed E-state index contributed by atoms with van der Waals surface area (Å²) in [6.45, 7) is 2.47. The van der Waals surface area contributed by atoms with Crippen LogP contribution in [0.3, 0.4) is 0 Å². The Bertz CT molecular complexity index is 946. The van der Waals surface area contributed by atoms with E-state index in [9.17, 15) is 9.59 Å². The second kappa shape index (κ2) is 10.6. The molecule has 1 amide bonds. The molecule has 3 rings (SSSR count). The Kier molecular flexibility index (Phi) is 7.62. The lowest BCUT2D eigenvalue weighted by Crippen LogP contribution is -2.36. The van der Waals surface area contributed by atoms with Crippen LogP contribution in [0, 0.1) is 5.92 Å². The number of carbonyl (C=O) groups is 2. The Hall–Kier alpha value is -3.13. The van der Waals surface area contributed by atoms with E-state index in [0.29, 0.717) is 12.1 Å². The summed E-state index contributed by atoms with van der Waals surface area (Å²) < 4.78 is 4.83. The maximum Gasteiger partial charge on any atom is 0.310 e. The van der Waals surface area contributed by atoms with Gasteiger partial charge in [-0.1, -0.05) is 61.2 Å². The quantitative estimate of drug-likeness (QED) is 0.417. The molecule has 0 fully saturated rings. The van der Waals surface area contributed by atoms with Crippen LogP contribution < -0.4 is 0 Å². The van der Waals surface area contributed by atoms with E-state index in [2.05, 4.69) is 15.2 Å². The SMILES string of the molecule is COC(=O)C(C)CN(Cc1ccccc1)C(=O)c1ccc(CSc2ncn[nH]2)cc1. The van der Waals surface area contributed by atoms with Crippen molar-refractivity contribution in [3.05, 3.63) is 77.6 Å².